The average molecular weight is 438 g/mol. The molecule has 0 radical (unpaired) electrons. The van der Waals surface area contributed by atoms with Crippen LogP contribution in [0.15, 0.2) is 47.1 Å². The molecule has 2 unspecified atom stereocenters. The molecule has 1 fully saturated rings. The first-order valence-electron chi connectivity index (χ1n) is 10.7. The first-order valence-corrected chi connectivity index (χ1v) is 10.7. The number of aliphatic imine (C=N–C) groups is 1. The molecule has 1 aliphatic heterocycles. The predicted molar refractivity (Wildman–Crippen MR) is 116 cm³/mol. The molecule has 1 aliphatic carbocycles. The van der Waals surface area contributed by atoms with Gasteiger partial charge in [-0.1, -0.05) is 19.9 Å². The maximum atomic E-state index is 13.3. The van der Waals surface area contributed by atoms with Crippen molar-refractivity contribution >= 4 is 17.5 Å². The Hall–Kier alpha value is -3.20. The van der Waals surface area contributed by atoms with Crippen molar-refractivity contribution < 1.29 is 19.1 Å². The number of ketones is 1. The number of fused-ring (bicyclic) bond motifs is 1. The third-order valence-corrected chi connectivity index (χ3v) is 5.73. The minimum Gasteiger partial charge on any atom is -0.463 e. The highest BCUT2D eigenvalue weighted by Crippen LogP contribution is 2.46. The summed E-state index contributed by atoms with van der Waals surface area (Å²) in [6, 6.07) is 3.70. The van der Waals surface area contributed by atoms with Crippen LogP contribution in [0.25, 0.3) is 0 Å². The van der Waals surface area contributed by atoms with Gasteiger partial charge in [0, 0.05) is 30.4 Å². The van der Waals surface area contributed by atoms with Crippen LogP contribution in [0, 0.1) is 11.3 Å². The number of nitrogens with one attached hydrogen (secondary N) is 1. The fraction of sp³-hybridized carbons (Fsp3) is 0.478. The summed E-state index contributed by atoms with van der Waals surface area (Å²) < 4.78 is 11.2. The topological polar surface area (TPSA) is 119 Å². The molecule has 4 rings (SSSR count). The van der Waals surface area contributed by atoms with Gasteiger partial charge in [-0.2, -0.15) is 5.10 Å². The first-order chi connectivity index (χ1) is 15.4. The van der Waals surface area contributed by atoms with Gasteiger partial charge in [-0.15, -0.1) is 0 Å². The first kappa shape index (κ1) is 22.0. The lowest BCUT2D eigenvalue weighted by Crippen LogP contribution is -2.44. The molecule has 32 heavy (non-hydrogen) atoms. The number of Topliss-reactive ketones (excluding diaryl/α,β-unsaturated/α-hetero) is 1. The monoisotopic (exact) mass is 437 g/mol. The lowest BCUT2D eigenvalue weighted by atomic mass is 9.63. The van der Waals surface area contributed by atoms with Crippen LogP contribution in [-0.4, -0.2) is 50.8 Å². The Morgan fingerprint density at radius 1 is 1.25 bits per heavy atom. The molecule has 1 N–H and O–H groups in total. The summed E-state index contributed by atoms with van der Waals surface area (Å²) >= 11 is 0. The molecule has 2 aromatic rings. The molecule has 0 bridgehead atoms. The van der Waals surface area contributed by atoms with Crippen molar-refractivity contribution in [1.29, 1.82) is 0 Å². The molecule has 0 spiro atoms. The second-order valence-corrected chi connectivity index (χ2v) is 8.83. The van der Waals surface area contributed by atoms with E-state index in [1.807, 2.05) is 6.07 Å². The standard InChI is InChI=1S/C23H27N5O4/c1-4-32-22(30)21-16(11-31-12-18-25-13-26-28-18)27-15-8-23(2,3)9-17(29)20(15)19(21)14-6-5-7-24-10-14/h5-7,10,13,19-20H,4,8-9,11-12H2,1-3H3,(H,25,26,28). The molecule has 2 aromatic heterocycles. The van der Waals surface area contributed by atoms with Gasteiger partial charge in [0.1, 0.15) is 24.5 Å². The van der Waals surface area contributed by atoms with Crippen LogP contribution in [0.1, 0.15) is 50.9 Å². The van der Waals surface area contributed by atoms with Crippen LogP contribution >= 0.6 is 0 Å². The van der Waals surface area contributed by atoms with E-state index in [2.05, 4.69) is 34.0 Å². The molecule has 1 saturated carbocycles. The zero-order valence-electron chi connectivity index (χ0n) is 18.5. The van der Waals surface area contributed by atoms with E-state index < -0.39 is 17.8 Å². The Labute approximate surface area is 186 Å². The van der Waals surface area contributed by atoms with Gasteiger partial charge in [0.05, 0.1) is 30.4 Å². The minimum atomic E-state index is -0.511. The number of carbonyl (C=O) groups excluding carboxylic acids is 2. The van der Waals surface area contributed by atoms with E-state index in [1.165, 1.54) is 6.33 Å². The van der Waals surface area contributed by atoms with E-state index in [0.29, 0.717) is 29.9 Å². The lowest BCUT2D eigenvalue weighted by Gasteiger charge is -2.41. The molecule has 0 saturated heterocycles. The van der Waals surface area contributed by atoms with Crippen LogP contribution in [0.4, 0.5) is 0 Å². The third-order valence-electron chi connectivity index (χ3n) is 5.73. The number of aromatic nitrogens is 4. The van der Waals surface area contributed by atoms with Crippen molar-refractivity contribution in [1.82, 2.24) is 20.2 Å². The van der Waals surface area contributed by atoms with Gasteiger partial charge in [0.15, 0.2) is 0 Å². The Balaban J connectivity index is 1.78. The van der Waals surface area contributed by atoms with Gasteiger partial charge in [-0.05, 0) is 30.4 Å². The summed E-state index contributed by atoms with van der Waals surface area (Å²) in [5.41, 5.74) is 2.21. The minimum absolute atomic E-state index is 0.0798. The average Bonchev–Trinajstić information content (AvgIpc) is 3.26. The molecule has 2 atom stereocenters. The number of nitrogens with zero attached hydrogens (tertiary/aromatic N) is 4. The molecule has 168 valence electrons. The highest BCUT2D eigenvalue weighted by atomic mass is 16.5. The van der Waals surface area contributed by atoms with Gasteiger partial charge in [0.2, 0.25) is 0 Å². The summed E-state index contributed by atoms with van der Waals surface area (Å²) in [6.07, 6.45) is 5.87. The van der Waals surface area contributed by atoms with Crippen LogP contribution in [0.3, 0.4) is 0 Å². The van der Waals surface area contributed by atoms with Crippen LogP contribution in [0.2, 0.25) is 0 Å². The molecule has 0 amide bonds. The molecular weight excluding hydrogens is 410 g/mol. The van der Waals surface area contributed by atoms with Gasteiger partial charge >= 0.3 is 5.97 Å². The normalized spacial score (nSPS) is 22.3. The number of hydrogen-bond donors (Lipinski definition) is 1. The highest BCUT2D eigenvalue weighted by Gasteiger charge is 2.48. The van der Waals surface area contributed by atoms with Crippen LogP contribution in [0.5, 0.6) is 0 Å². The Kier molecular flexibility index (Phi) is 6.27. The summed E-state index contributed by atoms with van der Waals surface area (Å²) in [7, 11) is 0. The lowest BCUT2D eigenvalue weighted by molar-refractivity contribution is -0.139. The SMILES string of the molecule is CCOC(=O)C1=C(COCc2ncn[nH]2)N=C2CC(C)(C)CC(=O)C2C1c1cccnc1. The van der Waals surface area contributed by atoms with Crippen LogP contribution < -0.4 is 0 Å². The molecule has 9 nitrogen and oxygen atoms in total. The second kappa shape index (κ2) is 9.12. The summed E-state index contributed by atoms with van der Waals surface area (Å²) in [5.74, 6) is -0.855. The number of esters is 1. The number of hydrogen-bond acceptors (Lipinski definition) is 8. The maximum absolute atomic E-state index is 13.3. The molecule has 0 aromatic carbocycles. The zero-order valence-corrected chi connectivity index (χ0v) is 18.5. The Bertz CT molecular complexity index is 1040. The van der Waals surface area contributed by atoms with Gasteiger partial charge < -0.3 is 9.47 Å². The number of rotatable bonds is 7. The zero-order chi connectivity index (χ0) is 22.7. The number of aromatic amines is 1. The summed E-state index contributed by atoms with van der Waals surface area (Å²) in [5, 5.41) is 6.55. The number of H-pyrrole nitrogens is 1. The van der Waals surface area contributed by atoms with E-state index in [0.717, 1.165) is 11.3 Å². The molecule has 2 aliphatic rings. The van der Waals surface area contributed by atoms with Gasteiger partial charge in [-0.25, -0.2) is 9.78 Å². The van der Waals surface area contributed by atoms with Crippen LogP contribution in [-0.2, 0) is 25.7 Å². The number of pyridine rings is 1. The Morgan fingerprint density at radius 2 is 2.09 bits per heavy atom. The van der Waals surface area contributed by atoms with Crippen molar-refractivity contribution in [2.45, 2.75) is 46.1 Å². The quantitative estimate of drug-likeness (QED) is 0.661. The molecular formula is C23H27N5O4. The molecule has 3 heterocycles. The van der Waals surface area contributed by atoms with Crippen molar-refractivity contribution in [3.63, 3.8) is 0 Å². The second-order valence-electron chi connectivity index (χ2n) is 8.83. The smallest absolute Gasteiger partial charge is 0.336 e. The van der Waals surface area contributed by atoms with Gasteiger partial charge in [0.25, 0.3) is 0 Å². The van der Waals surface area contributed by atoms with E-state index >= 15 is 0 Å². The van der Waals surface area contributed by atoms with Crippen molar-refractivity contribution in [2.75, 3.05) is 13.2 Å². The Morgan fingerprint density at radius 3 is 2.78 bits per heavy atom. The number of ether oxygens (including phenoxy) is 2. The largest absolute Gasteiger partial charge is 0.463 e. The van der Waals surface area contributed by atoms with Gasteiger partial charge in [-0.3, -0.25) is 19.9 Å². The fourth-order valence-corrected chi connectivity index (χ4v) is 4.52. The summed E-state index contributed by atoms with van der Waals surface area (Å²) in [4.78, 5) is 39.5. The maximum Gasteiger partial charge on any atom is 0.336 e. The highest BCUT2D eigenvalue weighted by molar-refractivity contribution is 6.12. The number of carbonyl (C=O) groups is 2. The molecule has 9 heteroatoms. The van der Waals surface area contributed by atoms with E-state index in [1.54, 1.807) is 25.4 Å². The van der Waals surface area contributed by atoms with E-state index in [4.69, 9.17) is 14.5 Å². The van der Waals surface area contributed by atoms with Crippen molar-refractivity contribution in [3.8, 4) is 0 Å². The summed E-state index contributed by atoms with van der Waals surface area (Å²) in [6.45, 7) is 6.37. The van der Waals surface area contributed by atoms with E-state index in [-0.39, 0.29) is 31.0 Å². The fourth-order valence-electron chi connectivity index (χ4n) is 4.52. The van der Waals surface area contributed by atoms with E-state index in [9.17, 15) is 9.59 Å². The predicted octanol–water partition coefficient (Wildman–Crippen LogP) is 2.78. The third kappa shape index (κ3) is 4.52. The van der Waals surface area contributed by atoms with Crippen molar-refractivity contribution in [3.05, 3.63) is 53.5 Å². The van der Waals surface area contributed by atoms with Crippen molar-refractivity contribution in [2.24, 2.45) is 16.3 Å².